The average molecular weight is 354 g/mol. The highest BCUT2D eigenvalue weighted by Crippen LogP contribution is 2.24. The lowest BCUT2D eigenvalue weighted by atomic mass is 10.1. The summed E-state index contributed by atoms with van der Waals surface area (Å²) in [4.78, 5) is 16.5. The number of hydrogen-bond acceptors (Lipinski definition) is 4. The fourth-order valence-corrected chi connectivity index (χ4v) is 3.52. The molecule has 2 aromatic carbocycles. The summed E-state index contributed by atoms with van der Waals surface area (Å²) < 4.78 is 7.44. The molecule has 5 nitrogen and oxygen atoms in total. The second kappa shape index (κ2) is 7.36. The third kappa shape index (κ3) is 3.64. The van der Waals surface area contributed by atoms with E-state index in [1.807, 2.05) is 24.3 Å². The molecule has 1 heterocycles. The quantitative estimate of drug-likeness (QED) is 0.748. The van der Waals surface area contributed by atoms with Crippen LogP contribution in [0.2, 0.25) is 0 Å². The molecule has 0 saturated carbocycles. The van der Waals surface area contributed by atoms with Crippen LogP contribution in [-0.2, 0) is 6.54 Å². The first-order valence-electron chi connectivity index (χ1n) is 7.83. The van der Waals surface area contributed by atoms with Gasteiger partial charge in [-0.25, -0.2) is 9.79 Å². The fourth-order valence-electron chi connectivity index (χ4n) is 2.53. The molecule has 128 valence electrons. The maximum Gasteiger partial charge on any atom is 0.335 e. The van der Waals surface area contributed by atoms with Crippen molar-refractivity contribution in [1.82, 2.24) is 4.57 Å². The first-order chi connectivity index (χ1) is 12.1. The van der Waals surface area contributed by atoms with Crippen LogP contribution in [0.15, 0.2) is 58.9 Å². The highest BCUT2D eigenvalue weighted by molar-refractivity contribution is 7.07. The van der Waals surface area contributed by atoms with Gasteiger partial charge in [-0.15, -0.1) is 11.3 Å². The standard InChI is InChI=1S/C19H18N2O3S/c1-3-21-17(14-5-4-6-16(11-14)24-2)12-25-19(21)20-15-9-7-13(8-10-15)18(22)23/h4-12H,3H2,1-2H3,(H,22,23)/b20-19-. The molecule has 1 N–H and O–H groups in total. The topological polar surface area (TPSA) is 63.8 Å². The van der Waals surface area contributed by atoms with Gasteiger partial charge in [-0.3, -0.25) is 0 Å². The third-order valence-corrected chi connectivity index (χ3v) is 4.68. The van der Waals surface area contributed by atoms with E-state index >= 15 is 0 Å². The summed E-state index contributed by atoms with van der Waals surface area (Å²) in [7, 11) is 1.65. The van der Waals surface area contributed by atoms with Crippen LogP contribution in [0, 0.1) is 0 Å². The minimum Gasteiger partial charge on any atom is -0.497 e. The van der Waals surface area contributed by atoms with Gasteiger partial charge < -0.3 is 14.4 Å². The molecule has 0 unspecified atom stereocenters. The van der Waals surface area contributed by atoms with Crippen molar-refractivity contribution in [2.45, 2.75) is 13.5 Å². The molecule has 0 bridgehead atoms. The highest BCUT2D eigenvalue weighted by atomic mass is 32.1. The number of carboxylic acid groups (broad SMARTS) is 1. The van der Waals surface area contributed by atoms with Gasteiger partial charge in [0, 0.05) is 17.5 Å². The zero-order valence-corrected chi connectivity index (χ0v) is 14.8. The minimum atomic E-state index is -0.938. The Morgan fingerprint density at radius 2 is 2.00 bits per heavy atom. The molecule has 0 aliphatic carbocycles. The van der Waals surface area contributed by atoms with Crippen LogP contribution in [0.3, 0.4) is 0 Å². The van der Waals surface area contributed by atoms with Crippen molar-refractivity contribution in [2.24, 2.45) is 4.99 Å². The molecule has 3 rings (SSSR count). The smallest absolute Gasteiger partial charge is 0.335 e. The van der Waals surface area contributed by atoms with Gasteiger partial charge in [0.2, 0.25) is 0 Å². The van der Waals surface area contributed by atoms with Crippen LogP contribution in [0.25, 0.3) is 11.3 Å². The molecule has 0 spiro atoms. The number of hydrogen-bond donors (Lipinski definition) is 1. The zero-order valence-electron chi connectivity index (χ0n) is 14.0. The Hall–Kier alpha value is -2.86. The first-order valence-corrected chi connectivity index (χ1v) is 8.71. The Labute approximate surface area is 149 Å². The minimum absolute atomic E-state index is 0.255. The molecule has 0 aliphatic rings. The van der Waals surface area contributed by atoms with Crippen molar-refractivity contribution in [3.05, 3.63) is 64.3 Å². The molecule has 0 atom stereocenters. The fraction of sp³-hybridized carbons (Fsp3) is 0.158. The number of methoxy groups -OCH3 is 1. The maximum atomic E-state index is 10.9. The van der Waals surface area contributed by atoms with E-state index in [0.29, 0.717) is 0 Å². The van der Waals surface area contributed by atoms with E-state index < -0.39 is 5.97 Å². The number of carbonyl (C=O) groups is 1. The molecule has 1 aromatic heterocycles. The van der Waals surface area contributed by atoms with Gasteiger partial charge in [-0.1, -0.05) is 12.1 Å². The monoisotopic (exact) mass is 354 g/mol. The molecule has 0 fully saturated rings. The maximum absolute atomic E-state index is 10.9. The Balaban J connectivity index is 2.03. The molecule has 0 amide bonds. The lowest BCUT2D eigenvalue weighted by molar-refractivity contribution is 0.0697. The molecule has 0 aliphatic heterocycles. The zero-order chi connectivity index (χ0) is 17.8. The van der Waals surface area contributed by atoms with Gasteiger partial charge in [0.1, 0.15) is 5.75 Å². The normalized spacial score (nSPS) is 11.5. The van der Waals surface area contributed by atoms with E-state index in [4.69, 9.17) is 9.84 Å². The van der Waals surface area contributed by atoms with Crippen LogP contribution in [0.4, 0.5) is 5.69 Å². The molecular formula is C19H18N2O3S. The van der Waals surface area contributed by atoms with Gasteiger partial charge >= 0.3 is 5.97 Å². The number of benzene rings is 2. The molecule has 0 saturated heterocycles. The number of nitrogens with zero attached hydrogens (tertiary/aromatic N) is 2. The molecule has 6 heteroatoms. The van der Waals surface area contributed by atoms with Crippen molar-refractivity contribution in [3.63, 3.8) is 0 Å². The number of thiazole rings is 1. The van der Waals surface area contributed by atoms with Crippen molar-refractivity contribution in [3.8, 4) is 17.0 Å². The Morgan fingerprint density at radius 1 is 1.24 bits per heavy atom. The van der Waals surface area contributed by atoms with Crippen molar-refractivity contribution >= 4 is 23.0 Å². The van der Waals surface area contributed by atoms with Crippen molar-refractivity contribution in [1.29, 1.82) is 0 Å². The molecule has 25 heavy (non-hydrogen) atoms. The lowest BCUT2D eigenvalue weighted by Gasteiger charge is -2.07. The van der Waals surface area contributed by atoms with E-state index in [0.717, 1.165) is 34.0 Å². The van der Waals surface area contributed by atoms with E-state index in [1.165, 1.54) is 0 Å². The number of aromatic carboxylic acids is 1. The summed E-state index contributed by atoms with van der Waals surface area (Å²) in [6.45, 7) is 2.85. The van der Waals surface area contributed by atoms with Crippen molar-refractivity contribution < 1.29 is 14.6 Å². The molecule has 3 aromatic rings. The lowest BCUT2D eigenvalue weighted by Crippen LogP contribution is -2.14. The van der Waals surface area contributed by atoms with Crippen LogP contribution < -0.4 is 9.54 Å². The molecule has 0 radical (unpaired) electrons. The van der Waals surface area contributed by atoms with E-state index in [2.05, 4.69) is 21.9 Å². The Morgan fingerprint density at radius 3 is 2.64 bits per heavy atom. The predicted octanol–water partition coefficient (Wildman–Crippen LogP) is 4.18. The van der Waals surface area contributed by atoms with Crippen LogP contribution in [0.1, 0.15) is 17.3 Å². The van der Waals surface area contributed by atoms with Gasteiger partial charge in [-0.2, -0.15) is 0 Å². The summed E-state index contributed by atoms with van der Waals surface area (Å²) in [5, 5.41) is 11.0. The van der Waals surface area contributed by atoms with E-state index in [9.17, 15) is 4.79 Å². The number of ether oxygens (including phenoxy) is 1. The summed E-state index contributed by atoms with van der Waals surface area (Å²) >= 11 is 1.55. The van der Waals surface area contributed by atoms with E-state index in [-0.39, 0.29) is 5.56 Å². The summed E-state index contributed by atoms with van der Waals surface area (Å²) in [5.74, 6) is -0.124. The Bertz CT molecular complexity index is 955. The van der Waals surface area contributed by atoms with Crippen LogP contribution in [0.5, 0.6) is 5.75 Å². The second-order valence-electron chi connectivity index (χ2n) is 5.34. The Kier molecular flexibility index (Phi) is 5.00. The highest BCUT2D eigenvalue weighted by Gasteiger charge is 2.08. The SMILES string of the molecule is CCn1c(-c2cccc(OC)c2)cs/c1=N\c1ccc(C(=O)O)cc1. The molecular weight excluding hydrogens is 336 g/mol. The summed E-state index contributed by atoms with van der Waals surface area (Å²) in [5.41, 5.74) is 3.13. The first kappa shape index (κ1) is 17.0. The van der Waals surface area contributed by atoms with Gasteiger partial charge in [0.25, 0.3) is 0 Å². The average Bonchev–Trinajstić information content (AvgIpc) is 3.04. The van der Waals surface area contributed by atoms with Crippen LogP contribution >= 0.6 is 11.3 Å². The number of rotatable bonds is 5. The third-order valence-electron chi connectivity index (χ3n) is 3.82. The number of aromatic nitrogens is 1. The number of carboxylic acids is 1. The second-order valence-corrected chi connectivity index (χ2v) is 6.18. The largest absolute Gasteiger partial charge is 0.497 e. The van der Waals surface area contributed by atoms with Gasteiger partial charge in [0.05, 0.1) is 24.1 Å². The van der Waals surface area contributed by atoms with Gasteiger partial charge in [0.15, 0.2) is 4.80 Å². The predicted molar refractivity (Wildman–Crippen MR) is 98.6 cm³/mol. The van der Waals surface area contributed by atoms with Crippen molar-refractivity contribution in [2.75, 3.05) is 7.11 Å². The van der Waals surface area contributed by atoms with Gasteiger partial charge in [-0.05, 0) is 43.3 Å². The summed E-state index contributed by atoms with van der Waals surface area (Å²) in [6.07, 6.45) is 0. The van der Waals surface area contributed by atoms with Crippen LogP contribution in [-0.4, -0.2) is 22.8 Å². The summed E-state index contributed by atoms with van der Waals surface area (Å²) in [6, 6.07) is 14.5. The van der Waals surface area contributed by atoms with E-state index in [1.54, 1.807) is 42.7 Å².